The van der Waals surface area contributed by atoms with Gasteiger partial charge in [-0.1, -0.05) is 48.0 Å². The molecule has 0 bridgehead atoms. The van der Waals surface area contributed by atoms with Crippen LogP contribution in [0.25, 0.3) is 6.08 Å². The van der Waals surface area contributed by atoms with Gasteiger partial charge in [-0.05, 0) is 36.3 Å². The van der Waals surface area contributed by atoms with Crippen molar-refractivity contribution in [3.05, 3.63) is 81.8 Å². The van der Waals surface area contributed by atoms with Gasteiger partial charge in [0.15, 0.2) is 5.13 Å². The Kier molecular flexibility index (Phi) is 6.57. The number of hydrogen-bond acceptors (Lipinski definition) is 4. The molecule has 2 amide bonds. The van der Waals surface area contributed by atoms with Gasteiger partial charge in [0.25, 0.3) is 0 Å². The predicted molar refractivity (Wildman–Crippen MR) is 115 cm³/mol. The molecule has 0 aliphatic heterocycles. The summed E-state index contributed by atoms with van der Waals surface area (Å²) in [6, 6.07) is 14.9. The van der Waals surface area contributed by atoms with Crippen molar-refractivity contribution in [1.82, 2.24) is 4.98 Å². The lowest BCUT2D eigenvalue weighted by Crippen LogP contribution is -2.15. The van der Waals surface area contributed by atoms with Gasteiger partial charge in [-0.15, -0.1) is 11.3 Å². The summed E-state index contributed by atoms with van der Waals surface area (Å²) >= 11 is 7.34. The van der Waals surface area contributed by atoms with Gasteiger partial charge in [0.1, 0.15) is 0 Å². The zero-order chi connectivity index (χ0) is 19.9. The fourth-order valence-electron chi connectivity index (χ4n) is 2.37. The van der Waals surface area contributed by atoms with Crippen LogP contribution in [0.3, 0.4) is 0 Å². The Bertz CT molecular complexity index is 1020. The van der Waals surface area contributed by atoms with Gasteiger partial charge in [0.2, 0.25) is 11.8 Å². The molecule has 1 heterocycles. The predicted octanol–water partition coefficient (Wildman–Crippen LogP) is 4.94. The van der Waals surface area contributed by atoms with Crippen LogP contribution >= 0.6 is 22.9 Å². The first-order valence-corrected chi connectivity index (χ1v) is 9.80. The van der Waals surface area contributed by atoms with Gasteiger partial charge >= 0.3 is 0 Å². The lowest BCUT2D eigenvalue weighted by Gasteiger charge is -2.06. The second-order valence-electron chi connectivity index (χ2n) is 6.07. The SMILES string of the molecule is Cc1ccc(NC(=O)Cc2csc(NC(=O)/C=C/c3ccccc3)n2)cc1Cl. The highest BCUT2D eigenvalue weighted by Gasteiger charge is 2.10. The molecule has 5 nitrogen and oxygen atoms in total. The molecule has 1 aromatic heterocycles. The third-order valence-electron chi connectivity index (χ3n) is 3.81. The van der Waals surface area contributed by atoms with E-state index in [1.165, 1.54) is 17.4 Å². The molecule has 3 rings (SSSR count). The van der Waals surface area contributed by atoms with Crippen molar-refractivity contribution in [1.29, 1.82) is 0 Å². The number of amides is 2. The maximum atomic E-state index is 12.2. The van der Waals surface area contributed by atoms with E-state index in [0.717, 1.165) is 11.1 Å². The summed E-state index contributed by atoms with van der Waals surface area (Å²) in [6.45, 7) is 1.90. The van der Waals surface area contributed by atoms with E-state index >= 15 is 0 Å². The minimum atomic E-state index is -0.275. The van der Waals surface area contributed by atoms with Crippen LogP contribution in [0.1, 0.15) is 16.8 Å². The van der Waals surface area contributed by atoms with Crippen LogP contribution in [0.5, 0.6) is 0 Å². The van der Waals surface area contributed by atoms with Crippen LogP contribution in [0.15, 0.2) is 60.0 Å². The molecule has 142 valence electrons. The Labute approximate surface area is 172 Å². The third-order valence-corrected chi connectivity index (χ3v) is 5.02. The first kappa shape index (κ1) is 19.8. The molecule has 0 radical (unpaired) electrons. The number of thiazole rings is 1. The molecule has 0 saturated heterocycles. The summed E-state index contributed by atoms with van der Waals surface area (Å²) in [7, 11) is 0. The molecule has 2 aromatic carbocycles. The molecular weight excluding hydrogens is 394 g/mol. The fraction of sp³-hybridized carbons (Fsp3) is 0.0952. The second-order valence-corrected chi connectivity index (χ2v) is 7.33. The number of nitrogens with one attached hydrogen (secondary N) is 2. The van der Waals surface area contributed by atoms with Crippen molar-refractivity contribution >= 4 is 51.6 Å². The highest BCUT2D eigenvalue weighted by atomic mass is 35.5. The normalized spacial score (nSPS) is 10.8. The van der Waals surface area contributed by atoms with Gasteiger partial charge in [-0.3, -0.25) is 14.9 Å². The van der Waals surface area contributed by atoms with E-state index < -0.39 is 0 Å². The summed E-state index contributed by atoms with van der Waals surface area (Å²) < 4.78 is 0. The average Bonchev–Trinajstić information content (AvgIpc) is 3.10. The van der Waals surface area contributed by atoms with Crippen LogP contribution in [0.2, 0.25) is 5.02 Å². The highest BCUT2D eigenvalue weighted by Crippen LogP contribution is 2.21. The zero-order valence-corrected chi connectivity index (χ0v) is 16.7. The van der Waals surface area contributed by atoms with Crippen LogP contribution in [-0.2, 0) is 16.0 Å². The van der Waals surface area contributed by atoms with Crippen molar-refractivity contribution in [2.75, 3.05) is 10.6 Å². The largest absolute Gasteiger partial charge is 0.326 e. The van der Waals surface area contributed by atoms with E-state index in [-0.39, 0.29) is 18.2 Å². The Morgan fingerprint density at radius 1 is 1.14 bits per heavy atom. The Morgan fingerprint density at radius 2 is 1.93 bits per heavy atom. The standard InChI is InChI=1S/C21H18ClN3O2S/c1-14-7-9-16(11-18(14)22)23-20(27)12-17-13-28-21(24-17)25-19(26)10-8-15-5-3-2-4-6-15/h2-11,13H,12H2,1H3,(H,23,27)(H,24,25,26)/b10-8+. The maximum Gasteiger partial charge on any atom is 0.250 e. The van der Waals surface area contributed by atoms with E-state index in [2.05, 4.69) is 15.6 Å². The van der Waals surface area contributed by atoms with Gasteiger partial charge in [-0.25, -0.2) is 4.98 Å². The van der Waals surface area contributed by atoms with Gasteiger partial charge in [0, 0.05) is 22.2 Å². The number of aryl methyl sites for hydroxylation is 1. The molecule has 3 aromatic rings. The van der Waals surface area contributed by atoms with Gasteiger partial charge in [0.05, 0.1) is 12.1 Å². The smallest absolute Gasteiger partial charge is 0.250 e. The molecule has 0 spiro atoms. The molecule has 0 atom stereocenters. The number of hydrogen-bond donors (Lipinski definition) is 2. The number of carbonyl (C=O) groups is 2. The van der Waals surface area contributed by atoms with Gasteiger partial charge in [-0.2, -0.15) is 0 Å². The number of rotatable bonds is 6. The molecule has 7 heteroatoms. The van der Waals surface area contributed by atoms with Crippen LogP contribution < -0.4 is 10.6 Å². The third kappa shape index (κ3) is 5.77. The second kappa shape index (κ2) is 9.30. The Hall–Kier alpha value is -2.96. The van der Waals surface area contributed by atoms with Crippen LogP contribution in [-0.4, -0.2) is 16.8 Å². The lowest BCUT2D eigenvalue weighted by molar-refractivity contribution is -0.115. The number of benzene rings is 2. The van der Waals surface area contributed by atoms with Gasteiger partial charge < -0.3 is 5.32 Å². The van der Waals surface area contributed by atoms with Crippen LogP contribution in [0, 0.1) is 6.92 Å². The van der Waals surface area contributed by atoms with Crippen molar-refractivity contribution in [3.8, 4) is 0 Å². The number of aromatic nitrogens is 1. The maximum absolute atomic E-state index is 12.2. The lowest BCUT2D eigenvalue weighted by atomic mass is 10.2. The molecule has 2 N–H and O–H groups in total. The summed E-state index contributed by atoms with van der Waals surface area (Å²) in [5.74, 6) is -0.476. The van der Waals surface area contributed by atoms with Crippen molar-refractivity contribution in [3.63, 3.8) is 0 Å². The van der Waals surface area contributed by atoms with E-state index in [0.29, 0.717) is 21.5 Å². The first-order valence-electron chi connectivity index (χ1n) is 8.54. The Balaban J connectivity index is 1.53. The molecule has 28 heavy (non-hydrogen) atoms. The van der Waals surface area contributed by atoms with Crippen molar-refractivity contribution in [2.45, 2.75) is 13.3 Å². The molecule has 0 unspecified atom stereocenters. The van der Waals surface area contributed by atoms with Crippen molar-refractivity contribution in [2.24, 2.45) is 0 Å². The van der Waals surface area contributed by atoms with Crippen molar-refractivity contribution < 1.29 is 9.59 Å². The summed E-state index contributed by atoms with van der Waals surface area (Å²) in [4.78, 5) is 28.5. The molecule has 0 fully saturated rings. The fourth-order valence-corrected chi connectivity index (χ4v) is 3.26. The van der Waals surface area contributed by atoms with Crippen LogP contribution in [0.4, 0.5) is 10.8 Å². The summed E-state index contributed by atoms with van der Waals surface area (Å²) in [6.07, 6.45) is 3.28. The number of anilines is 2. The number of carbonyl (C=O) groups excluding carboxylic acids is 2. The Morgan fingerprint density at radius 3 is 2.68 bits per heavy atom. The highest BCUT2D eigenvalue weighted by molar-refractivity contribution is 7.14. The van der Waals surface area contributed by atoms with E-state index in [4.69, 9.17) is 11.6 Å². The first-order chi connectivity index (χ1) is 13.5. The number of nitrogens with zero attached hydrogens (tertiary/aromatic N) is 1. The van der Waals surface area contributed by atoms with E-state index in [9.17, 15) is 9.59 Å². The van der Waals surface area contributed by atoms with E-state index in [1.807, 2.05) is 43.3 Å². The summed E-state index contributed by atoms with van der Waals surface area (Å²) in [5.41, 5.74) is 3.10. The quantitative estimate of drug-likeness (QED) is 0.564. The minimum Gasteiger partial charge on any atom is -0.326 e. The topological polar surface area (TPSA) is 71.1 Å². The molecule has 0 aliphatic carbocycles. The average molecular weight is 412 g/mol. The number of halogens is 1. The van der Waals surface area contributed by atoms with E-state index in [1.54, 1.807) is 23.6 Å². The summed E-state index contributed by atoms with van der Waals surface area (Å²) in [5, 5.41) is 8.28. The zero-order valence-electron chi connectivity index (χ0n) is 15.1. The minimum absolute atomic E-state index is 0.109. The monoisotopic (exact) mass is 411 g/mol. The molecular formula is C21H18ClN3O2S. The molecule has 0 saturated carbocycles. The molecule has 0 aliphatic rings.